The van der Waals surface area contributed by atoms with Crippen molar-refractivity contribution < 1.29 is 14.3 Å². The average molecular weight is 298 g/mol. The fourth-order valence-electron chi connectivity index (χ4n) is 2.33. The number of hydrogen-bond donors (Lipinski definition) is 0. The van der Waals surface area contributed by atoms with Gasteiger partial charge in [-0.2, -0.15) is 0 Å². The quantitative estimate of drug-likeness (QED) is 0.731. The van der Waals surface area contributed by atoms with E-state index in [1.807, 2.05) is 42.5 Å². The van der Waals surface area contributed by atoms with E-state index in [0.29, 0.717) is 17.9 Å². The molecule has 0 aliphatic rings. The molecule has 0 heterocycles. The van der Waals surface area contributed by atoms with Crippen molar-refractivity contribution >= 4 is 5.78 Å². The van der Waals surface area contributed by atoms with Crippen LogP contribution in [0.4, 0.5) is 0 Å². The van der Waals surface area contributed by atoms with E-state index in [9.17, 15) is 4.79 Å². The van der Waals surface area contributed by atoms with E-state index in [1.165, 1.54) is 0 Å². The van der Waals surface area contributed by atoms with Gasteiger partial charge in [0.15, 0.2) is 5.78 Å². The van der Waals surface area contributed by atoms with Crippen LogP contribution in [0.2, 0.25) is 0 Å². The highest BCUT2D eigenvalue weighted by Crippen LogP contribution is 2.34. The Bertz CT molecular complexity index is 645. The number of carbonyl (C=O) groups excluding carboxylic acids is 1. The summed E-state index contributed by atoms with van der Waals surface area (Å²) in [6.07, 6.45) is 0. The van der Waals surface area contributed by atoms with Gasteiger partial charge in [-0.05, 0) is 30.0 Å². The first-order chi connectivity index (χ1) is 10.5. The lowest BCUT2D eigenvalue weighted by Gasteiger charge is -2.17. The average Bonchev–Trinajstić information content (AvgIpc) is 2.52. The van der Waals surface area contributed by atoms with Gasteiger partial charge in [-0.25, -0.2) is 0 Å². The van der Waals surface area contributed by atoms with Crippen molar-refractivity contribution in [1.82, 2.24) is 0 Å². The maximum Gasteiger partial charge on any atom is 0.163 e. The van der Waals surface area contributed by atoms with Crippen LogP contribution in [0.25, 0.3) is 0 Å². The van der Waals surface area contributed by atoms with Gasteiger partial charge in [0.1, 0.15) is 18.1 Å². The molecule has 22 heavy (non-hydrogen) atoms. The molecule has 0 aliphatic heterocycles. The van der Waals surface area contributed by atoms with Crippen LogP contribution in [0.1, 0.15) is 48.2 Å². The molecule has 0 radical (unpaired) electrons. The predicted molar refractivity (Wildman–Crippen MR) is 87.9 cm³/mol. The highest BCUT2D eigenvalue weighted by atomic mass is 16.5. The Labute approximate surface area is 131 Å². The van der Waals surface area contributed by atoms with E-state index in [-0.39, 0.29) is 11.7 Å². The number of Topliss-reactive ketones (excluding diaryl/α,β-unsaturated/α-hetero) is 1. The summed E-state index contributed by atoms with van der Waals surface area (Å²) >= 11 is 0. The van der Waals surface area contributed by atoms with Crippen molar-refractivity contribution in [3.05, 3.63) is 59.2 Å². The zero-order valence-electron chi connectivity index (χ0n) is 13.6. The minimum absolute atomic E-state index is 0.00615. The highest BCUT2D eigenvalue weighted by molar-refractivity contribution is 5.97. The number of methoxy groups -OCH3 is 1. The first-order valence-electron chi connectivity index (χ1n) is 7.42. The predicted octanol–water partition coefficient (Wildman–Crippen LogP) is 4.60. The first-order valence-corrected chi connectivity index (χ1v) is 7.42. The number of hydrogen-bond acceptors (Lipinski definition) is 3. The summed E-state index contributed by atoms with van der Waals surface area (Å²) in [7, 11) is 1.57. The molecular weight excluding hydrogens is 276 g/mol. The van der Waals surface area contributed by atoms with Crippen LogP contribution >= 0.6 is 0 Å². The lowest BCUT2D eigenvalue weighted by Crippen LogP contribution is -2.05. The summed E-state index contributed by atoms with van der Waals surface area (Å²) in [5, 5.41) is 0. The number of ether oxygens (including phenoxy) is 2. The molecule has 3 heteroatoms. The molecular formula is C19H22O3. The Morgan fingerprint density at radius 1 is 1.09 bits per heavy atom. The van der Waals surface area contributed by atoms with Gasteiger partial charge in [-0.3, -0.25) is 4.79 Å². The Morgan fingerprint density at radius 3 is 2.32 bits per heavy atom. The van der Waals surface area contributed by atoms with E-state index in [1.54, 1.807) is 14.0 Å². The molecule has 0 N–H and O–H groups in total. The van der Waals surface area contributed by atoms with Crippen LogP contribution in [0, 0.1) is 0 Å². The van der Waals surface area contributed by atoms with Crippen molar-refractivity contribution in [3.63, 3.8) is 0 Å². The van der Waals surface area contributed by atoms with Crippen molar-refractivity contribution in [2.45, 2.75) is 33.3 Å². The molecule has 0 spiro atoms. The van der Waals surface area contributed by atoms with Gasteiger partial charge in [-0.15, -0.1) is 0 Å². The standard InChI is InChI=1S/C19H22O3/c1-13(2)16-10-17(14(3)20)18(21-4)11-19(16)22-12-15-8-6-5-7-9-15/h5-11,13H,12H2,1-4H3. The number of rotatable bonds is 6. The molecule has 0 bridgehead atoms. The second kappa shape index (κ2) is 7.12. The molecule has 2 rings (SSSR count). The molecule has 0 saturated carbocycles. The van der Waals surface area contributed by atoms with Crippen LogP contribution in [0.5, 0.6) is 11.5 Å². The van der Waals surface area contributed by atoms with Crippen LogP contribution < -0.4 is 9.47 Å². The fraction of sp³-hybridized carbons (Fsp3) is 0.316. The molecule has 2 aromatic carbocycles. The number of benzene rings is 2. The van der Waals surface area contributed by atoms with Crippen molar-refractivity contribution in [1.29, 1.82) is 0 Å². The Morgan fingerprint density at radius 2 is 1.77 bits per heavy atom. The minimum atomic E-state index is -0.00615. The largest absolute Gasteiger partial charge is 0.496 e. The smallest absolute Gasteiger partial charge is 0.163 e. The molecule has 0 unspecified atom stereocenters. The summed E-state index contributed by atoms with van der Waals surface area (Å²) < 4.78 is 11.3. The SMILES string of the molecule is COc1cc(OCc2ccccc2)c(C(C)C)cc1C(C)=O. The van der Waals surface area contributed by atoms with E-state index in [0.717, 1.165) is 16.9 Å². The summed E-state index contributed by atoms with van der Waals surface area (Å²) in [5.74, 6) is 1.57. The van der Waals surface area contributed by atoms with Gasteiger partial charge in [0, 0.05) is 6.07 Å². The maximum absolute atomic E-state index is 11.8. The molecule has 116 valence electrons. The van der Waals surface area contributed by atoms with Crippen molar-refractivity contribution in [2.75, 3.05) is 7.11 Å². The normalized spacial score (nSPS) is 10.6. The lowest BCUT2D eigenvalue weighted by atomic mass is 9.97. The molecule has 0 aromatic heterocycles. The van der Waals surface area contributed by atoms with E-state index in [2.05, 4.69) is 13.8 Å². The monoisotopic (exact) mass is 298 g/mol. The molecule has 2 aromatic rings. The van der Waals surface area contributed by atoms with Crippen LogP contribution in [-0.4, -0.2) is 12.9 Å². The van der Waals surface area contributed by atoms with E-state index in [4.69, 9.17) is 9.47 Å². The zero-order valence-corrected chi connectivity index (χ0v) is 13.6. The van der Waals surface area contributed by atoms with Gasteiger partial charge in [0.25, 0.3) is 0 Å². The molecule has 0 aliphatic carbocycles. The Kier molecular flexibility index (Phi) is 5.21. The number of ketones is 1. The second-order valence-corrected chi connectivity index (χ2v) is 5.58. The third-order valence-electron chi connectivity index (χ3n) is 3.57. The molecule has 0 saturated heterocycles. The number of carbonyl (C=O) groups is 1. The highest BCUT2D eigenvalue weighted by Gasteiger charge is 2.16. The summed E-state index contributed by atoms with van der Waals surface area (Å²) in [5.41, 5.74) is 2.71. The molecule has 3 nitrogen and oxygen atoms in total. The lowest BCUT2D eigenvalue weighted by molar-refractivity contribution is 0.101. The van der Waals surface area contributed by atoms with Crippen LogP contribution in [-0.2, 0) is 6.61 Å². The Balaban J connectivity index is 2.34. The summed E-state index contributed by atoms with van der Waals surface area (Å²) in [4.78, 5) is 11.8. The minimum Gasteiger partial charge on any atom is -0.496 e. The molecule has 0 fully saturated rings. The van der Waals surface area contributed by atoms with Gasteiger partial charge < -0.3 is 9.47 Å². The topological polar surface area (TPSA) is 35.5 Å². The van der Waals surface area contributed by atoms with E-state index >= 15 is 0 Å². The van der Waals surface area contributed by atoms with E-state index < -0.39 is 0 Å². The zero-order chi connectivity index (χ0) is 16.1. The maximum atomic E-state index is 11.8. The van der Waals surface area contributed by atoms with Crippen LogP contribution in [0.15, 0.2) is 42.5 Å². The second-order valence-electron chi connectivity index (χ2n) is 5.58. The van der Waals surface area contributed by atoms with Gasteiger partial charge >= 0.3 is 0 Å². The molecule has 0 atom stereocenters. The van der Waals surface area contributed by atoms with Gasteiger partial charge in [0.2, 0.25) is 0 Å². The summed E-state index contributed by atoms with van der Waals surface area (Å²) in [6.45, 7) is 6.21. The third kappa shape index (κ3) is 3.67. The third-order valence-corrected chi connectivity index (χ3v) is 3.57. The fourth-order valence-corrected chi connectivity index (χ4v) is 2.33. The van der Waals surface area contributed by atoms with Gasteiger partial charge in [0.05, 0.1) is 12.7 Å². The Hall–Kier alpha value is -2.29. The van der Waals surface area contributed by atoms with Crippen LogP contribution in [0.3, 0.4) is 0 Å². The first kappa shape index (κ1) is 16.1. The van der Waals surface area contributed by atoms with Crippen molar-refractivity contribution in [3.8, 4) is 11.5 Å². The van der Waals surface area contributed by atoms with Crippen molar-refractivity contribution in [2.24, 2.45) is 0 Å². The van der Waals surface area contributed by atoms with Gasteiger partial charge in [-0.1, -0.05) is 44.2 Å². The summed E-state index contributed by atoms with van der Waals surface area (Å²) in [6, 6.07) is 13.7. The molecule has 0 amide bonds.